The minimum Gasteiger partial charge on any atom is -0.462 e. The van der Waals surface area contributed by atoms with Crippen molar-refractivity contribution >= 4 is 38.7 Å². The molecule has 80 valence electrons. The Hall–Kier alpha value is -0.620. The van der Waals surface area contributed by atoms with E-state index in [1.807, 2.05) is 0 Å². The van der Waals surface area contributed by atoms with Crippen molar-refractivity contribution in [2.75, 3.05) is 0 Å². The zero-order valence-electron chi connectivity index (χ0n) is 7.14. The Morgan fingerprint density at radius 3 is 2.67 bits per heavy atom. The molecule has 0 N–H and O–H groups in total. The van der Waals surface area contributed by atoms with E-state index in [4.69, 9.17) is 4.42 Å². The molecule has 0 spiro atoms. The van der Waals surface area contributed by atoms with Crippen LogP contribution in [0.1, 0.15) is 0 Å². The Bertz CT molecular complexity index is 492. The third kappa shape index (κ3) is 2.31. The smallest absolute Gasteiger partial charge is 0.446 e. The molecule has 15 heavy (non-hydrogen) atoms. The van der Waals surface area contributed by atoms with Gasteiger partial charge in [-0.05, 0) is 39.8 Å². The Labute approximate surface area is 95.8 Å². The Kier molecular flexibility index (Phi) is 2.72. The lowest BCUT2D eigenvalue weighted by Gasteiger charge is -2.02. The molecular weight excluding hydrogens is 293 g/mol. The highest BCUT2D eigenvalue weighted by Crippen LogP contribution is 2.42. The van der Waals surface area contributed by atoms with E-state index in [-0.39, 0.29) is 16.7 Å². The molecule has 2 rings (SSSR count). The van der Waals surface area contributed by atoms with Gasteiger partial charge >= 0.3 is 5.51 Å². The normalized spacial score (nSPS) is 12.3. The molecule has 0 unspecified atom stereocenters. The van der Waals surface area contributed by atoms with Crippen molar-refractivity contribution in [1.29, 1.82) is 0 Å². The van der Waals surface area contributed by atoms with Crippen LogP contribution in [0.15, 0.2) is 38.2 Å². The molecule has 1 aromatic heterocycles. The summed E-state index contributed by atoms with van der Waals surface area (Å²) < 4.78 is 42.2. The van der Waals surface area contributed by atoms with Crippen molar-refractivity contribution in [3.8, 4) is 0 Å². The fourth-order valence-electron chi connectivity index (χ4n) is 1.20. The van der Waals surface area contributed by atoms with Crippen LogP contribution in [0.3, 0.4) is 0 Å². The largest absolute Gasteiger partial charge is 0.462 e. The summed E-state index contributed by atoms with van der Waals surface area (Å²) in [6.07, 6.45) is 1.12. The van der Waals surface area contributed by atoms with Crippen molar-refractivity contribution < 1.29 is 17.6 Å². The molecule has 1 nitrogen and oxygen atoms in total. The molecule has 0 saturated heterocycles. The molecule has 0 amide bonds. The number of alkyl halides is 3. The molecule has 6 heteroatoms. The van der Waals surface area contributed by atoms with Gasteiger partial charge in [-0.1, -0.05) is 6.07 Å². The Balaban J connectivity index is 2.50. The van der Waals surface area contributed by atoms with E-state index < -0.39 is 5.51 Å². The third-order valence-electron chi connectivity index (χ3n) is 1.74. The first kappa shape index (κ1) is 10.9. The average molecular weight is 297 g/mol. The van der Waals surface area contributed by atoms with Crippen molar-refractivity contribution in [2.45, 2.75) is 10.4 Å². The first-order chi connectivity index (χ1) is 6.97. The predicted molar refractivity (Wildman–Crippen MR) is 55.8 cm³/mol. The number of furan rings is 1. The molecule has 0 aliphatic heterocycles. The van der Waals surface area contributed by atoms with E-state index in [1.165, 1.54) is 0 Å². The molecule has 2 aromatic rings. The van der Waals surface area contributed by atoms with Gasteiger partial charge in [0, 0.05) is 5.39 Å². The summed E-state index contributed by atoms with van der Waals surface area (Å²) in [4.78, 5) is 0.0822. The quantitative estimate of drug-likeness (QED) is 0.701. The van der Waals surface area contributed by atoms with Crippen molar-refractivity contribution in [3.63, 3.8) is 0 Å². The van der Waals surface area contributed by atoms with Gasteiger partial charge in [0.15, 0.2) is 0 Å². The minimum atomic E-state index is -4.29. The molecule has 0 aliphatic rings. The summed E-state index contributed by atoms with van der Waals surface area (Å²) >= 11 is 3.04. The molecule has 0 bridgehead atoms. The fourth-order valence-corrected chi connectivity index (χ4v) is 2.28. The number of rotatable bonds is 1. The van der Waals surface area contributed by atoms with Gasteiger partial charge in [0.1, 0.15) is 11.8 Å². The van der Waals surface area contributed by atoms with Crippen LogP contribution in [0.25, 0.3) is 11.0 Å². The van der Waals surface area contributed by atoms with Crippen LogP contribution in [-0.2, 0) is 0 Å². The molecule has 1 heterocycles. The first-order valence-electron chi connectivity index (χ1n) is 3.89. The van der Waals surface area contributed by atoms with E-state index >= 15 is 0 Å². The fraction of sp³-hybridized carbons (Fsp3) is 0.111. The van der Waals surface area contributed by atoms with Crippen LogP contribution in [0.5, 0.6) is 0 Å². The molecular formula is C9H4BrF3OS. The topological polar surface area (TPSA) is 13.1 Å². The summed E-state index contributed by atoms with van der Waals surface area (Å²) in [5, 5.41) is 0.465. The van der Waals surface area contributed by atoms with Crippen molar-refractivity contribution in [1.82, 2.24) is 0 Å². The second-order valence-corrected chi connectivity index (χ2v) is 4.73. The molecule has 0 saturated carbocycles. The lowest BCUT2D eigenvalue weighted by Crippen LogP contribution is -1.98. The molecule has 0 atom stereocenters. The summed E-state index contributed by atoms with van der Waals surface area (Å²) in [7, 11) is 0. The highest BCUT2D eigenvalue weighted by atomic mass is 79.9. The number of hydrogen-bond acceptors (Lipinski definition) is 2. The van der Waals surface area contributed by atoms with Gasteiger partial charge in [-0.3, -0.25) is 0 Å². The summed E-state index contributed by atoms with van der Waals surface area (Å²) in [6.45, 7) is 0. The van der Waals surface area contributed by atoms with Crippen LogP contribution in [0.2, 0.25) is 0 Å². The monoisotopic (exact) mass is 296 g/mol. The number of hydrogen-bond donors (Lipinski definition) is 0. The van der Waals surface area contributed by atoms with E-state index in [0.29, 0.717) is 15.4 Å². The van der Waals surface area contributed by atoms with Crippen LogP contribution < -0.4 is 0 Å². The Morgan fingerprint density at radius 2 is 2.00 bits per heavy atom. The number of benzene rings is 1. The second kappa shape index (κ2) is 3.75. The Morgan fingerprint density at radius 1 is 1.27 bits per heavy atom. The maximum atomic E-state index is 12.2. The summed E-state index contributed by atoms with van der Waals surface area (Å²) in [5.41, 5.74) is -3.86. The van der Waals surface area contributed by atoms with Crippen molar-refractivity contribution in [2.24, 2.45) is 0 Å². The average Bonchev–Trinajstić information content (AvgIpc) is 2.48. The SMILES string of the molecule is FC(F)(F)Sc1coc2c(Br)cccc12. The minimum absolute atomic E-state index is 0.0822. The lowest BCUT2D eigenvalue weighted by molar-refractivity contribution is -0.0327. The van der Waals surface area contributed by atoms with E-state index in [9.17, 15) is 13.2 Å². The zero-order valence-corrected chi connectivity index (χ0v) is 9.54. The zero-order chi connectivity index (χ0) is 11.1. The lowest BCUT2D eigenvalue weighted by atomic mass is 10.3. The second-order valence-electron chi connectivity index (χ2n) is 2.76. The van der Waals surface area contributed by atoms with Crippen LogP contribution in [0.4, 0.5) is 13.2 Å². The van der Waals surface area contributed by atoms with Gasteiger partial charge in [0.25, 0.3) is 0 Å². The highest BCUT2D eigenvalue weighted by molar-refractivity contribution is 9.10. The number of thioether (sulfide) groups is 1. The van der Waals surface area contributed by atoms with Gasteiger partial charge in [0.2, 0.25) is 0 Å². The van der Waals surface area contributed by atoms with Gasteiger partial charge in [-0.25, -0.2) is 0 Å². The molecule has 0 radical (unpaired) electrons. The van der Waals surface area contributed by atoms with Crippen molar-refractivity contribution in [3.05, 3.63) is 28.9 Å². The van der Waals surface area contributed by atoms with Crippen LogP contribution >= 0.6 is 27.7 Å². The van der Waals surface area contributed by atoms with Gasteiger partial charge in [0.05, 0.1) is 9.37 Å². The standard InChI is InChI=1S/C9H4BrF3OS/c10-6-3-1-2-5-7(4-14-8(5)6)15-9(11,12)13/h1-4H. The molecule has 0 fully saturated rings. The van der Waals surface area contributed by atoms with E-state index in [2.05, 4.69) is 15.9 Å². The van der Waals surface area contributed by atoms with E-state index in [0.717, 1.165) is 6.26 Å². The molecule has 1 aromatic carbocycles. The number of fused-ring (bicyclic) bond motifs is 1. The first-order valence-corrected chi connectivity index (χ1v) is 5.50. The summed E-state index contributed by atoms with van der Waals surface area (Å²) in [5.74, 6) is 0. The maximum absolute atomic E-state index is 12.2. The highest BCUT2D eigenvalue weighted by Gasteiger charge is 2.31. The summed E-state index contributed by atoms with van der Waals surface area (Å²) in [6, 6.07) is 4.98. The van der Waals surface area contributed by atoms with Gasteiger partial charge in [-0.15, -0.1) is 0 Å². The number of para-hydroxylation sites is 1. The molecule has 0 aliphatic carbocycles. The van der Waals surface area contributed by atoms with Crippen LogP contribution in [0, 0.1) is 0 Å². The van der Waals surface area contributed by atoms with Gasteiger partial charge in [-0.2, -0.15) is 13.2 Å². The predicted octanol–water partition coefficient (Wildman–Crippen LogP) is 4.81. The maximum Gasteiger partial charge on any atom is 0.446 e. The van der Waals surface area contributed by atoms with E-state index in [1.54, 1.807) is 18.2 Å². The van der Waals surface area contributed by atoms with Gasteiger partial charge < -0.3 is 4.42 Å². The van der Waals surface area contributed by atoms with Crippen LogP contribution in [-0.4, -0.2) is 5.51 Å². The number of halogens is 4. The third-order valence-corrected chi connectivity index (χ3v) is 3.13.